The van der Waals surface area contributed by atoms with Crippen molar-refractivity contribution in [3.63, 3.8) is 0 Å². The quantitative estimate of drug-likeness (QED) is 0.663. The summed E-state index contributed by atoms with van der Waals surface area (Å²) in [5.41, 5.74) is 1.28. The Hall–Kier alpha value is -2.90. The normalized spacial score (nSPS) is 16.4. The number of rotatable bonds is 8. The van der Waals surface area contributed by atoms with Crippen LogP contribution in [0.4, 0.5) is 0 Å². The Morgan fingerprint density at radius 2 is 2.00 bits per heavy atom. The van der Waals surface area contributed by atoms with E-state index < -0.39 is 0 Å². The van der Waals surface area contributed by atoms with Gasteiger partial charge >= 0.3 is 0 Å². The lowest BCUT2D eigenvalue weighted by atomic mass is 9.97. The fourth-order valence-electron chi connectivity index (χ4n) is 3.99. The van der Waals surface area contributed by atoms with Crippen LogP contribution in [-0.2, 0) is 17.8 Å². The van der Waals surface area contributed by atoms with Crippen molar-refractivity contribution >= 4 is 11.8 Å². The van der Waals surface area contributed by atoms with Crippen LogP contribution in [0.15, 0.2) is 30.5 Å². The first kappa shape index (κ1) is 21.8. The molecule has 8 nitrogen and oxygen atoms in total. The van der Waals surface area contributed by atoms with E-state index in [0.29, 0.717) is 44.2 Å². The molecule has 1 aliphatic heterocycles. The Balaban J connectivity index is 1.59. The van der Waals surface area contributed by atoms with Crippen LogP contribution >= 0.6 is 0 Å². The summed E-state index contributed by atoms with van der Waals surface area (Å²) in [6.07, 6.45) is 4.04. The first-order chi connectivity index (χ1) is 14.5. The highest BCUT2D eigenvalue weighted by molar-refractivity contribution is 5.91. The molecule has 0 bridgehead atoms. The molecule has 0 spiro atoms. The van der Waals surface area contributed by atoms with Gasteiger partial charge in [0.15, 0.2) is 5.69 Å². The maximum Gasteiger partial charge on any atom is 0.276 e. The molecule has 2 heterocycles. The van der Waals surface area contributed by atoms with Crippen LogP contribution in [-0.4, -0.2) is 69.9 Å². The highest BCUT2D eigenvalue weighted by Crippen LogP contribution is 2.22. The minimum Gasteiger partial charge on any atom is -0.496 e. The molecule has 162 valence electrons. The van der Waals surface area contributed by atoms with Gasteiger partial charge in [-0.05, 0) is 38.7 Å². The number of likely N-dealkylation sites (tertiary alicyclic amines) is 1. The molecule has 1 saturated heterocycles. The summed E-state index contributed by atoms with van der Waals surface area (Å²) in [7, 11) is 1.62. The first-order valence-electron chi connectivity index (χ1n) is 10.6. The molecule has 0 unspecified atom stereocenters. The maximum atomic E-state index is 12.9. The molecule has 2 aromatic rings. The van der Waals surface area contributed by atoms with Gasteiger partial charge in [0.25, 0.3) is 5.91 Å². The van der Waals surface area contributed by atoms with E-state index in [-0.39, 0.29) is 11.8 Å². The van der Waals surface area contributed by atoms with Crippen molar-refractivity contribution in [2.24, 2.45) is 5.92 Å². The third-order valence-corrected chi connectivity index (χ3v) is 5.66. The molecule has 8 heteroatoms. The number of aromatic nitrogens is 3. The smallest absolute Gasteiger partial charge is 0.276 e. The van der Waals surface area contributed by atoms with Gasteiger partial charge in [0.1, 0.15) is 5.75 Å². The van der Waals surface area contributed by atoms with Crippen LogP contribution in [0.25, 0.3) is 0 Å². The molecule has 0 radical (unpaired) electrons. The molecule has 0 saturated carbocycles. The zero-order valence-corrected chi connectivity index (χ0v) is 18.1. The summed E-state index contributed by atoms with van der Waals surface area (Å²) in [6.45, 7) is 7.30. The van der Waals surface area contributed by atoms with Gasteiger partial charge in [0, 0.05) is 38.3 Å². The van der Waals surface area contributed by atoms with Gasteiger partial charge in [0.05, 0.1) is 19.7 Å². The minimum atomic E-state index is -0.0940. The number of ether oxygens (including phenoxy) is 1. The van der Waals surface area contributed by atoms with E-state index in [0.717, 1.165) is 30.7 Å². The summed E-state index contributed by atoms with van der Waals surface area (Å²) in [6, 6.07) is 7.64. The summed E-state index contributed by atoms with van der Waals surface area (Å²) < 4.78 is 7.10. The maximum absolute atomic E-state index is 12.9. The van der Waals surface area contributed by atoms with Crippen molar-refractivity contribution < 1.29 is 14.3 Å². The predicted octanol–water partition coefficient (Wildman–Crippen LogP) is 2.25. The van der Waals surface area contributed by atoms with Crippen molar-refractivity contribution in [2.75, 3.05) is 33.3 Å². The van der Waals surface area contributed by atoms with Crippen molar-refractivity contribution in [1.29, 1.82) is 0 Å². The molecule has 0 aliphatic carbocycles. The van der Waals surface area contributed by atoms with Crippen LogP contribution in [0, 0.1) is 5.92 Å². The number of carbonyl (C=O) groups excluding carboxylic acids is 2. The van der Waals surface area contributed by atoms with E-state index in [4.69, 9.17) is 4.74 Å². The number of nitrogens with zero attached hydrogens (tertiary/aromatic N) is 5. The van der Waals surface area contributed by atoms with Crippen LogP contribution in [0.5, 0.6) is 5.75 Å². The number of carbonyl (C=O) groups is 2. The molecule has 2 amide bonds. The minimum absolute atomic E-state index is 0.0940. The fraction of sp³-hybridized carbons (Fsp3) is 0.545. The summed E-state index contributed by atoms with van der Waals surface area (Å²) in [5.74, 6) is 1.05. The third kappa shape index (κ3) is 5.17. The molecule has 1 aromatic carbocycles. The lowest BCUT2D eigenvalue weighted by Gasteiger charge is -2.33. The van der Waals surface area contributed by atoms with Gasteiger partial charge in [-0.15, -0.1) is 5.10 Å². The molecular weight excluding hydrogens is 382 g/mol. The highest BCUT2D eigenvalue weighted by atomic mass is 16.5. The number of methoxy groups -OCH3 is 1. The Morgan fingerprint density at radius 3 is 2.73 bits per heavy atom. The monoisotopic (exact) mass is 413 g/mol. The number of benzene rings is 1. The SMILES string of the molecule is CCN(CC)C(=O)c1cn(C[C@H]2CCCN(C(=O)Cc3ccccc3OC)C2)nn1. The van der Waals surface area contributed by atoms with Crippen molar-refractivity contribution in [1.82, 2.24) is 24.8 Å². The lowest BCUT2D eigenvalue weighted by molar-refractivity contribution is -0.132. The molecule has 1 aliphatic rings. The van der Waals surface area contributed by atoms with Gasteiger partial charge in [-0.25, -0.2) is 0 Å². The van der Waals surface area contributed by atoms with Gasteiger partial charge in [0.2, 0.25) is 5.91 Å². The van der Waals surface area contributed by atoms with Crippen LogP contribution in [0.2, 0.25) is 0 Å². The molecule has 1 aromatic heterocycles. The molecule has 1 fully saturated rings. The highest BCUT2D eigenvalue weighted by Gasteiger charge is 2.25. The van der Waals surface area contributed by atoms with E-state index in [1.165, 1.54) is 0 Å². The zero-order valence-electron chi connectivity index (χ0n) is 18.1. The standard InChI is InChI=1S/C22H31N5O3/c1-4-25(5-2)22(29)19-16-27(24-23-19)15-17-9-8-12-26(14-17)21(28)13-18-10-6-7-11-20(18)30-3/h6-7,10-11,16-17H,4-5,8-9,12-15H2,1-3H3/t17-/m0/s1. The van der Waals surface area contributed by atoms with Gasteiger partial charge in [-0.1, -0.05) is 23.4 Å². The van der Waals surface area contributed by atoms with E-state index in [2.05, 4.69) is 10.3 Å². The van der Waals surface area contributed by atoms with E-state index in [1.807, 2.05) is 43.0 Å². The molecule has 0 N–H and O–H groups in total. The number of para-hydroxylation sites is 1. The van der Waals surface area contributed by atoms with Gasteiger partial charge < -0.3 is 14.5 Å². The number of hydrogen-bond donors (Lipinski definition) is 0. The van der Waals surface area contributed by atoms with Crippen LogP contribution in [0.1, 0.15) is 42.7 Å². The largest absolute Gasteiger partial charge is 0.496 e. The average molecular weight is 414 g/mol. The molecule has 1 atom stereocenters. The third-order valence-electron chi connectivity index (χ3n) is 5.66. The first-order valence-corrected chi connectivity index (χ1v) is 10.6. The Kier molecular flexibility index (Phi) is 7.43. The second-order valence-electron chi connectivity index (χ2n) is 7.64. The van der Waals surface area contributed by atoms with Gasteiger partial charge in [-0.2, -0.15) is 0 Å². The lowest BCUT2D eigenvalue weighted by Crippen LogP contribution is -2.41. The summed E-state index contributed by atoms with van der Waals surface area (Å²) >= 11 is 0. The Bertz CT molecular complexity index is 862. The fourth-order valence-corrected chi connectivity index (χ4v) is 3.99. The van der Waals surface area contributed by atoms with Gasteiger partial charge in [-0.3, -0.25) is 14.3 Å². The number of amides is 2. The Labute approximate surface area is 177 Å². The van der Waals surface area contributed by atoms with Crippen molar-refractivity contribution in [2.45, 2.75) is 39.7 Å². The predicted molar refractivity (Wildman–Crippen MR) is 113 cm³/mol. The van der Waals surface area contributed by atoms with E-state index >= 15 is 0 Å². The molecule has 3 rings (SSSR count). The topological polar surface area (TPSA) is 80.6 Å². The second kappa shape index (κ2) is 10.2. The zero-order chi connectivity index (χ0) is 21.5. The number of hydrogen-bond acceptors (Lipinski definition) is 5. The molecular formula is C22H31N5O3. The number of piperidine rings is 1. The second-order valence-corrected chi connectivity index (χ2v) is 7.64. The molecule has 30 heavy (non-hydrogen) atoms. The Morgan fingerprint density at radius 1 is 1.23 bits per heavy atom. The summed E-state index contributed by atoms with van der Waals surface area (Å²) in [4.78, 5) is 28.9. The van der Waals surface area contributed by atoms with Crippen molar-refractivity contribution in [3.05, 3.63) is 41.7 Å². The van der Waals surface area contributed by atoms with Crippen molar-refractivity contribution in [3.8, 4) is 5.75 Å². The average Bonchev–Trinajstić information content (AvgIpc) is 3.23. The van der Waals surface area contributed by atoms with Crippen LogP contribution in [0.3, 0.4) is 0 Å². The van der Waals surface area contributed by atoms with E-state index in [1.54, 1.807) is 22.9 Å². The summed E-state index contributed by atoms with van der Waals surface area (Å²) in [5, 5.41) is 8.20. The van der Waals surface area contributed by atoms with Crippen LogP contribution < -0.4 is 4.74 Å². The van der Waals surface area contributed by atoms with E-state index in [9.17, 15) is 9.59 Å².